The first-order valence-corrected chi connectivity index (χ1v) is 3.86. The van der Waals surface area contributed by atoms with Gasteiger partial charge in [0, 0.05) is 6.08 Å². The molecule has 0 unspecified atom stereocenters. The highest BCUT2D eigenvalue weighted by molar-refractivity contribution is 5.85. The number of carboxylic acid groups (broad SMARTS) is 1. The van der Waals surface area contributed by atoms with Gasteiger partial charge in [0.1, 0.15) is 0 Å². The Morgan fingerprint density at radius 3 is 2.69 bits per heavy atom. The molecule has 2 nitrogen and oxygen atoms in total. The maximum atomic E-state index is 10.2. The molecule has 0 aliphatic carbocycles. The zero-order valence-corrected chi connectivity index (χ0v) is 7.10. The fourth-order valence-electron chi connectivity index (χ4n) is 0.957. The fraction of sp³-hybridized carbons (Fsp3) is 0. The van der Waals surface area contributed by atoms with Gasteiger partial charge >= 0.3 is 5.97 Å². The molecule has 66 valence electrons. The van der Waals surface area contributed by atoms with Gasteiger partial charge in [0.15, 0.2) is 0 Å². The molecule has 13 heavy (non-hydrogen) atoms. The van der Waals surface area contributed by atoms with Crippen molar-refractivity contribution in [2.45, 2.75) is 0 Å². The largest absolute Gasteiger partial charge is 0.478 e. The molecule has 0 saturated heterocycles. The summed E-state index contributed by atoms with van der Waals surface area (Å²) in [5.74, 6) is -0.941. The van der Waals surface area contributed by atoms with E-state index >= 15 is 0 Å². The molecular weight excluding hydrogens is 164 g/mol. The van der Waals surface area contributed by atoms with Crippen molar-refractivity contribution in [3.05, 3.63) is 48.0 Å². The van der Waals surface area contributed by atoms with Crippen molar-refractivity contribution in [1.29, 1.82) is 0 Å². The first-order chi connectivity index (χ1) is 6.22. The van der Waals surface area contributed by atoms with E-state index in [1.54, 1.807) is 12.2 Å². The summed E-state index contributed by atoms with van der Waals surface area (Å²) in [4.78, 5) is 10.2. The second-order valence-electron chi connectivity index (χ2n) is 2.55. The highest BCUT2D eigenvalue weighted by Crippen LogP contribution is 2.07. The van der Waals surface area contributed by atoms with E-state index in [0.717, 1.165) is 17.2 Å². The van der Waals surface area contributed by atoms with E-state index < -0.39 is 5.97 Å². The van der Waals surface area contributed by atoms with Crippen molar-refractivity contribution in [3.8, 4) is 0 Å². The number of carboxylic acids is 1. The predicted octanol–water partition coefficient (Wildman–Crippen LogP) is 2.43. The van der Waals surface area contributed by atoms with E-state index in [1.807, 2.05) is 24.3 Å². The van der Waals surface area contributed by atoms with E-state index in [4.69, 9.17) is 5.11 Å². The van der Waals surface area contributed by atoms with Crippen molar-refractivity contribution in [2.75, 3.05) is 0 Å². The second-order valence-corrected chi connectivity index (χ2v) is 2.55. The Morgan fingerprint density at radius 1 is 1.38 bits per heavy atom. The highest BCUT2D eigenvalue weighted by atomic mass is 16.4. The van der Waals surface area contributed by atoms with Crippen LogP contribution in [0.15, 0.2) is 36.9 Å². The van der Waals surface area contributed by atoms with Crippen LogP contribution in [0.2, 0.25) is 0 Å². The molecule has 1 rings (SSSR count). The van der Waals surface area contributed by atoms with E-state index in [1.165, 1.54) is 0 Å². The summed E-state index contributed by atoms with van der Waals surface area (Å²) in [6.07, 6.45) is 4.38. The van der Waals surface area contributed by atoms with Crippen LogP contribution in [0.25, 0.3) is 12.2 Å². The van der Waals surface area contributed by atoms with Gasteiger partial charge < -0.3 is 5.11 Å². The van der Waals surface area contributed by atoms with Crippen LogP contribution in [0, 0.1) is 0 Å². The predicted molar refractivity (Wildman–Crippen MR) is 53.2 cm³/mol. The van der Waals surface area contributed by atoms with E-state index in [2.05, 4.69) is 6.58 Å². The van der Waals surface area contributed by atoms with Gasteiger partial charge in [-0.1, -0.05) is 30.9 Å². The molecule has 1 aromatic rings. The zero-order valence-electron chi connectivity index (χ0n) is 7.10. The van der Waals surface area contributed by atoms with Gasteiger partial charge in [0.05, 0.1) is 0 Å². The first kappa shape index (κ1) is 9.26. The normalized spacial score (nSPS) is 10.2. The number of rotatable bonds is 3. The monoisotopic (exact) mass is 174 g/mol. The SMILES string of the molecule is C=Cc1cccc(/C=C/C(=O)O)c1. The summed E-state index contributed by atoms with van der Waals surface area (Å²) in [7, 11) is 0. The van der Waals surface area contributed by atoms with Crippen LogP contribution in [-0.4, -0.2) is 11.1 Å². The molecule has 2 heteroatoms. The highest BCUT2D eigenvalue weighted by Gasteiger charge is 1.90. The third-order valence-electron chi connectivity index (χ3n) is 1.56. The molecule has 0 bridgehead atoms. The number of aliphatic carboxylic acids is 1. The Balaban J connectivity index is 2.89. The Labute approximate surface area is 76.8 Å². The molecule has 0 spiro atoms. The zero-order chi connectivity index (χ0) is 9.68. The van der Waals surface area contributed by atoms with Crippen LogP contribution < -0.4 is 0 Å². The Morgan fingerprint density at radius 2 is 2.08 bits per heavy atom. The lowest BCUT2D eigenvalue weighted by Crippen LogP contribution is -1.85. The molecule has 0 fully saturated rings. The average Bonchev–Trinajstić information content (AvgIpc) is 2.15. The lowest BCUT2D eigenvalue weighted by Gasteiger charge is -1.94. The molecule has 0 amide bonds. The summed E-state index contributed by atoms with van der Waals surface area (Å²) in [6.45, 7) is 3.63. The minimum Gasteiger partial charge on any atom is -0.478 e. The molecule has 0 aliphatic rings. The van der Waals surface area contributed by atoms with Gasteiger partial charge in [0.25, 0.3) is 0 Å². The molecule has 0 aromatic heterocycles. The Hall–Kier alpha value is -1.83. The van der Waals surface area contributed by atoms with Crippen LogP contribution in [-0.2, 0) is 4.79 Å². The Bertz CT molecular complexity index is 351. The van der Waals surface area contributed by atoms with Gasteiger partial charge in [-0.05, 0) is 23.3 Å². The van der Waals surface area contributed by atoms with Crippen molar-refractivity contribution in [2.24, 2.45) is 0 Å². The maximum Gasteiger partial charge on any atom is 0.328 e. The van der Waals surface area contributed by atoms with Crippen LogP contribution in [0.1, 0.15) is 11.1 Å². The molecular formula is C11H10O2. The molecule has 0 atom stereocenters. The van der Waals surface area contributed by atoms with Gasteiger partial charge in [-0.3, -0.25) is 0 Å². The minimum atomic E-state index is -0.941. The minimum absolute atomic E-state index is 0.861. The van der Waals surface area contributed by atoms with E-state index in [-0.39, 0.29) is 0 Å². The van der Waals surface area contributed by atoms with Crippen molar-refractivity contribution < 1.29 is 9.90 Å². The molecule has 1 N–H and O–H groups in total. The summed E-state index contributed by atoms with van der Waals surface area (Å²) < 4.78 is 0. The fourth-order valence-corrected chi connectivity index (χ4v) is 0.957. The quantitative estimate of drug-likeness (QED) is 0.714. The smallest absolute Gasteiger partial charge is 0.328 e. The number of benzene rings is 1. The van der Waals surface area contributed by atoms with Crippen LogP contribution >= 0.6 is 0 Å². The van der Waals surface area contributed by atoms with Crippen LogP contribution in [0.4, 0.5) is 0 Å². The molecule has 0 radical (unpaired) electrons. The van der Waals surface area contributed by atoms with E-state index in [0.29, 0.717) is 0 Å². The topological polar surface area (TPSA) is 37.3 Å². The number of carbonyl (C=O) groups is 1. The average molecular weight is 174 g/mol. The lowest BCUT2D eigenvalue weighted by atomic mass is 10.1. The summed E-state index contributed by atoms with van der Waals surface area (Å²) in [5, 5.41) is 8.39. The van der Waals surface area contributed by atoms with Gasteiger partial charge in [-0.25, -0.2) is 4.79 Å². The third kappa shape index (κ3) is 2.95. The Kier molecular flexibility index (Phi) is 3.03. The van der Waals surface area contributed by atoms with Gasteiger partial charge in [0.2, 0.25) is 0 Å². The van der Waals surface area contributed by atoms with E-state index in [9.17, 15) is 4.79 Å². The van der Waals surface area contributed by atoms with Crippen LogP contribution in [0.5, 0.6) is 0 Å². The first-order valence-electron chi connectivity index (χ1n) is 3.86. The third-order valence-corrected chi connectivity index (χ3v) is 1.56. The number of hydrogen-bond acceptors (Lipinski definition) is 1. The van der Waals surface area contributed by atoms with Crippen LogP contribution in [0.3, 0.4) is 0 Å². The van der Waals surface area contributed by atoms with Crippen molar-refractivity contribution >= 4 is 18.1 Å². The standard InChI is InChI=1S/C11H10O2/c1-2-9-4-3-5-10(8-9)6-7-11(12)13/h2-8H,1H2,(H,12,13)/b7-6+. The molecule has 0 aliphatic heterocycles. The molecule has 0 saturated carbocycles. The second kappa shape index (κ2) is 4.26. The van der Waals surface area contributed by atoms with Gasteiger partial charge in [-0.15, -0.1) is 0 Å². The maximum absolute atomic E-state index is 10.2. The summed E-state index contributed by atoms with van der Waals surface area (Å²) in [5.41, 5.74) is 1.84. The summed E-state index contributed by atoms with van der Waals surface area (Å²) >= 11 is 0. The summed E-state index contributed by atoms with van der Waals surface area (Å²) in [6, 6.07) is 7.47. The van der Waals surface area contributed by atoms with Crippen molar-refractivity contribution in [3.63, 3.8) is 0 Å². The molecule has 1 aromatic carbocycles. The lowest BCUT2D eigenvalue weighted by molar-refractivity contribution is -0.131. The van der Waals surface area contributed by atoms with Crippen molar-refractivity contribution in [1.82, 2.24) is 0 Å². The molecule has 0 heterocycles. The number of hydrogen-bond donors (Lipinski definition) is 1. The van der Waals surface area contributed by atoms with Gasteiger partial charge in [-0.2, -0.15) is 0 Å².